The van der Waals surface area contributed by atoms with Gasteiger partial charge in [0.1, 0.15) is 0 Å². The van der Waals surface area contributed by atoms with E-state index in [1.807, 2.05) is 21.5 Å². The van der Waals surface area contributed by atoms with E-state index in [9.17, 15) is 9.59 Å². The maximum atomic E-state index is 11.7. The molecule has 30 heavy (non-hydrogen) atoms. The third kappa shape index (κ3) is 11.1. The number of unbranched alkanes of at least 4 members (excludes halogenated alkanes) is 3. The molecule has 0 atom stereocenters. The number of amides is 4. The fourth-order valence-corrected chi connectivity index (χ4v) is 2.90. The fourth-order valence-electron chi connectivity index (χ4n) is 2.90. The van der Waals surface area contributed by atoms with Crippen LogP contribution in [0.4, 0.5) is 9.59 Å². The van der Waals surface area contributed by atoms with E-state index in [1.54, 1.807) is 25.0 Å². The molecule has 0 aliphatic heterocycles. The van der Waals surface area contributed by atoms with E-state index in [-0.39, 0.29) is 12.1 Å². The van der Waals surface area contributed by atoms with Gasteiger partial charge in [-0.25, -0.2) is 19.6 Å². The van der Waals surface area contributed by atoms with Gasteiger partial charge < -0.3 is 30.4 Å². The first kappa shape index (κ1) is 23.2. The van der Waals surface area contributed by atoms with Gasteiger partial charge in [0.05, 0.1) is 12.7 Å². The third-order valence-electron chi connectivity index (χ3n) is 4.55. The Morgan fingerprint density at radius 1 is 0.600 bits per heavy atom. The average molecular weight is 419 g/mol. The second-order valence-electron chi connectivity index (χ2n) is 7.09. The maximum absolute atomic E-state index is 11.7. The second kappa shape index (κ2) is 14.9. The molecule has 4 amide bonds. The van der Waals surface area contributed by atoms with E-state index in [4.69, 9.17) is 0 Å². The summed E-state index contributed by atoms with van der Waals surface area (Å²) in [7, 11) is 0. The first-order valence-corrected chi connectivity index (χ1v) is 10.7. The predicted octanol–water partition coefficient (Wildman–Crippen LogP) is 1.72. The number of hydrogen-bond donors (Lipinski definition) is 4. The summed E-state index contributed by atoms with van der Waals surface area (Å²) in [5, 5.41) is 11.4. The van der Waals surface area contributed by atoms with Gasteiger partial charge in [0.25, 0.3) is 0 Å². The van der Waals surface area contributed by atoms with E-state index < -0.39 is 0 Å². The number of hydrogen-bond acceptors (Lipinski definition) is 4. The highest BCUT2D eigenvalue weighted by Gasteiger charge is 2.00. The summed E-state index contributed by atoms with van der Waals surface area (Å²) in [6, 6.07) is -0.237. The molecule has 0 radical (unpaired) electrons. The number of nitrogens with zero attached hydrogens (tertiary/aromatic N) is 4. The van der Waals surface area contributed by atoms with E-state index in [0.717, 1.165) is 51.6 Å². The fraction of sp³-hybridized carbons (Fsp3) is 0.600. The zero-order valence-corrected chi connectivity index (χ0v) is 17.6. The molecule has 0 aliphatic carbocycles. The average Bonchev–Trinajstić information content (AvgIpc) is 3.45. The number of aromatic nitrogens is 4. The highest BCUT2D eigenvalue weighted by atomic mass is 16.2. The molecule has 2 aromatic rings. The SMILES string of the molecule is O=C(NCCCCCCNC(=O)NCCCn1ccnc1)NCCCn1ccnc1. The molecule has 10 nitrogen and oxygen atoms in total. The molecule has 0 spiro atoms. The van der Waals surface area contributed by atoms with E-state index in [2.05, 4.69) is 31.2 Å². The zero-order valence-electron chi connectivity index (χ0n) is 17.6. The Hall–Kier alpha value is -3.04. The molecule has 0 aliphatic rings. The van der Waals surface area contributed by atoms with Gasteiger partial charge in [-0.2, -0.15) is 0 Å². The third-order valence-corrected chi connectivity index (χ3v) is 4.55. The van der Waals surface area contributed by atoms with Crippen LogP contribution in [0.5, 0.6) is 0 Å². The van der Waals surface area contributed by atoms with E-state index in [0.29, 0.717) is 26.2 Å². The number of carbonyl (C=O) groups excluding carboxylic acids is 2. The summed E-state index contributed by atoms with van der Waals surface area (Å²) in [6.45, 7) is 4.30. The Kier molecular flexibility index (Phi) is 11.5. The van der Waals surface area contributed by atoms with Gasteiger partial charge in [-0.1, -0.05) is 12.8 Å². The quantitative estimate of drug-likeness (QED) is 0.329. The Morgan fingerprint density at radius 3 is 1.37 bits per heavy atom. The van der Waals surface area contributed by atoms with Crippen LogP contribution in [0.2, 0.25) is 0 Å². The molecule has 4 N–H and O–H groups in total. The summed E-state index contributed by atoms with van der Waals surface area (Å²) >= 11 is 0. The van der Waals surface area contributed by atoms with Crippen molar-refractivity contribution in [3.63, 3.8) is 0 Å². The Labute approximate surface area is 177 Å². The highest BCUT2D eigenvalue weighted by Crippen LogP contribution is 1.98. The van der Waals surface area contributed by atoms with Crippen LogP contribution in [0.15, 0.2) is 37.4 Å². The second-order valence-corrected chi connectivity index (χ2v) is 7.09. The van der Waals surface area contributed by atoms with Crippen molar-refractivity contribution in [3.8, 4) is 0 Å². The van der Waals surface area contributed by atoms with Crippen molar-refractivity contribution in [1.29, 1.82) is 0 Å². The summed E-state index contributed by atoms with van der Waals surface area (Å²) < 4.78 is 3.97. The Morgan fingerprint density at radius 2 is 1.00 bits per heavy atom. The molecule has 2 heterocycles. The minimum Gasteiger partial charge on any atom is -0.338 e. The van der Waals surface area contributed by atoms with Gasteiger partial charge in [-0.3, -0.25) is 0 Å². The molecule has 2 aromatic heterocycles. The van der Waals surface area contributed by atoms with Gasteiger partial charge in [0.2, 0.25) is 0 Å². The normalized spacial score (nSPS) is 10.5. The minimum absolute atomic E-state index is 0.119. The molecule has 0 unspecified atom stereocenters. The number of imidazole rings is 2. The number of nitrogens with one attached hydrogen (secondary N) is 4. The molecule has 0 bridgehead atoms. The van der Waals surface area contributed by atoms with Crippen LogP contribution in [0.1, 0.15) is 38.5 Å². The highest BCUT2D eigenvalue weighted by molar-refractivity contribution is 5.74. The lowest BCUT2D eigenvalue weighted by Gasteiger charge is -2.09. The van der Waals surface area contributed by atoms with Crippen LogP contribution in [-0.2, 0) is 13.1 Å². The molecular formula is C20H34N8O2. The van der Waals surface area contributed by atoms with Gasteiger partial charge in [0, 0.05) is 64.1 Å². The maximum Gasteiger partial charge on any atom is 0.314 e. The predicted molar refractivity (Wildman–Crippen MR) is 115 cm³/mol. The molecule has 0 aromatic carbocycles. The van der Waals surface area contributed by atoms with Crippen LogP contribution >= 0.6 is 0 Å². The van der Waals surface area contributed by atoms with Crippen molar-refractivity contribution >= 4 is 12.1 Å². The lowest BCUT2D eigenvalue weighted by molar-refractivity contribution is 0.239. The molecule has 166 valence electrons. The van der Waals surface area contributed by atoms with Crippen molar-refractivity contribution < 1.29 is 9.59 Å². The summed E-state index contributed by atoms with van der Waals surface area (Å²) in [4.78, 5) is 31.3. The van der Waals surface area contributed by atoms with Crippen LogP contribution in [0.3, 0.4) is 0 Å². The number of aryl methyl sites for hydroxylation is 2. The van der Waals surface area contributed by atoms with Crippen molar-refractivity contribution in [2.24, 2.45) is 0 Å². The van der Waals surface area contributed by atoms with Crippen LogP contribution < -0.4 is 21.3 Å². The molecule has 10 heteroatoms. The number of carbonyl (C=O) groups is 2. The Bertz CT molecular complexity index is 627. The largest absolute Gasteiger partial charge is 0.338 e. The molecule has 0 fully saturated rings. The topological polar surface area (TPSA) is 118 Å². The standard InChI is InChI=1S/C20H34N8O2/c29-19(25-9-5-13-27-15-11-21-17-27)23-7-3-1-2-4-8-24-20(30)26-10-6-14-28-16-12-22-18-28/h11-12,15-18H,1-10,13-14H2,(H2,23,25,29)(H2,24,26,30). The first-order chi connectivity index (χ1) is 14.7. The first-order valence-electron chi connectivity index (χ1n) is 10.7. The van der Waals surface area contributed by atoms with Crippen LogP contribution in [-0.4, -0.2) is 57.3 Å². The lowest BCUT2D eigenvalue weighted by Crippen LogP contribution is -2.37. The molecule has 2 rings (SSSR count). The molecule has 0 saturated heterocycles. The lowest BCUT2D eigenvalue weighted by atomic mass is 10.2. The molecular weight excluding hydrogens is 384 g/mol. The van der Waals surface area contributed by atoms with Crippen LogP contribution in [0.25, 0.3) is 0 Å². The summed E-state index contributed by atoms with van der Waals surface area (Å²) in [5.74, 6) is 0. The Balaban J connectivity index is 1.30. The smallest absolute Gasteiger partial charge is 0.314 e. The molecule has 0 saturated carbocycles. The van der Waals surface area contributed by atoms with Gasteiger partial charge in [-0.15, -0.1) is 0 Å². The summed E-state index contributed by atoms with van der Waals surface area (Å²) in [5.41, 5.74) is 0. The number of urea groups is 2. The van der Waals surface area contributed by atoms with Crippen molar-refractivity contribution in [3.05, 3.63) is 37.4 Å². The monoisotopic (exact) mass is 418 g/mol. The zero-order chi connectivity index (χ0) is 21.3. The van der Waals surface area contributed by atoms with Crippen LogP contribution in [0, 0.1) is 0 Å². The summed E-state index contributed by atoms with van der Waals surface area (Å²) in [6.07, 6.45) is 16.5. The van der Waals surface area contributed by atoms with E-state index in [1.165, 1.54) is 0 Å². The van der Waals surface area contributed by atoms with Crippen molar-refractivity contribution in [2.75, 3.05) is 26.2 Å². The van der Waals surface area contributed by atoms with E-state index >= 15 is 0 Å². The van der Waals surface area contributed by atoms with Gasteiger partial charge in [-0.05, 0) is 25.7 Å². The van der Waals surface area contributed by atoms with Gasteiger partial charge in [0.15, 0.2) is 0 Å². The number of rotatable bonds is 15. The van der Waals surface area contributed by atoms with Crippen molar-refractivity contribution in [1.82, 2.24) is 40.4 Å². The minimum atomic E-state index is -0.119. The van der Waals surface area contributed by atoms with Gasteiger partial charge >= 0.3 is 12.1 Å². The van der Waals surface area contributed by atoms with Crippen molar-refractivity contribution in [2.45, 2.75) is 51.6 Å².